The van der Waals surface area contributed by atoms with Crippen LogP contribution >= 0.6 is 0 Å². The van der Waals surface area contributed by atoms with Gasteiger partial charge in [0.2, 0.25) is 0 Å². The van der Waals surface area contributed by atoms with E-state index in [1.165, 1.54) is 25.7 Å². The van der Waals surface area contributed by atoms with E-state index in [9.17, 15) is 0 Å². The SMILES string of the molecule is CC(CN)C1CCCC(C)(C)C1. The molecule has 0 bridgehead atoms. The quantitative estimate of drug-likeness (QED) is 0.676. The van der Waals surface area contributed by atoms with Crippen molar-refractivity contribution in [2.45, 2.75) is 46.5 Å². The second-order valence-electron chi connectivity index (χ2n) is 5.23. The van der Waals surface area contributed by atoms with E-state index < -0.39 is 0 Å². The molecule has 0 aliphatic heterocycles. The predicted molar refractivity (Wildman–Crippen MR) is 54.0 cm³/mol. The summed E-state index contributed by atoms with van der Waals surface area (Å²) >= 11 is 0. The maximum atomic E-state index is 5.69. The molecule has 1 nitrogen and oxygen atoms in total. The summed E-state index contributed by atoms with van der Waals surface area (Å²) < 4.78 is 0. The zero-order chi connectivity index (χ0) is 9.19. The van der Waals surface area contributed by atoms with Gasteiger partial charge in [0.1, 0.15) is 0 Å². The Bertz CT molecular complexity index is 140. The second kappa shape index (κ2) is 3.78. The van der Waals surface area contributed by atoms with Crippen LogP contribution in [-0.4, -0.2) is 6.54 Å². The van der Waals surface area contributed by atoms with Crippen molar-refractivity contribution < 1.29 is 0 Å². The Hall–Kier alpha value is -0.0400. The van der Waals surface area contributed by atoms with Crippen molar-refractivity contribution in [2.24, 2.45) is 23.0 Å². The zero-order valence-corrected chi connectivity index (χ0v) is 8.77. The molecule has 2 atom stereocenters. The first-order valence-corrected chi connectivity index (χ1v) is 5.25. The van der Waals surface area contributed by atoms with Gasteiger partial charge in [-0.25, -0.2) is 0 Å². The van der Waals surface area contributed by atoms with Gasteiger partial charge in [-0.2, -0.15) is 0 Å². The standard InChI is InChI=1S/C11H23N/c1-9(8-12)10-5-4-6-11(2,3)7-10/h9-10H,4-8,12H2,1-3H3. The van der Waals surface area contributed by atoms with Gasteiger partial charge >= 0.3 is 0 Å². The molecule has 0 spiro atoms. The monoisotopic (exact) mass is 169 g/mol. The van der Waals surface area contributed by atoms with Gasteiger partial charge in [-0.05, 0) is 36.6 Å². The van der Waals surface area contributed by atoms with Gasteiger partial charge in [0, 0.05) is 0 Å². The lowest BCUT2D eigenvalue weighted by atomic mass is 9.68. The topological polar surface area (TPSA) is 26.0 Å². The average molecular weight is 169 g/mol. The molecule has 0 aromatic rings. The summed E-state index contributed by atoms with van der Waals surface area (Å²) in [6.07, 6.45) is 5.59. The van der Waals surface area contributed by atoms with E-state index in [2.05, 4.69) is 20.8 Å². The number of rotatable bonds is 2. The number of hydrogen-bond donors (Lipinski definition) is 1. The van der Waals surface area contributed by atoms with Gasteiger partial charge < -0.3 is 5.73 Å². The van der Waals surface area contributed by atoms with Crippen LogP contribution in [0.3, 0.4) is 0 Å². The van der Waals surface area contributed by atoms with Gasteiger partial charge in [-0.3, -0.25) is 0 Å². The highest BCUT2D eigenvalue weighted by molar-refractivity contribution is 4.81. The molecular weight excluding hydrogens is 146 g/mol. The van der Waals surface area contributed by atoms with E-state index in [0.717, 1.165) is 18.4 Å². The van der Waals surface area contributed by atoms with E-state index in [1.54, 1.807) is 0 Å². The van der Waals surface area contributed by atoms with Crippen molar-refractivity contribution >= 4 is 0 Å². The molecule has 1 saturated carbocycles. The van der Waals surface area contributed by atoms with Crippen molar-refractivity contribution in [1.82, 2.24) is 0 Å². The Morgan fingerprint density at radius 1 is 1.50 bits per heavy atom. The highest BCUT2D eigenvalue weighted by Gasteiger charge is 2.30. The summed E-state index contributed by atoms with van der Waals surface area (Å²) in [4.78, 5) is 0. The Labute approximate surface area is 76.7 Å². The average Bonchev–Trinajstić information content (AvgIpc) is 2.01. The lowest BCUT2D eigenvalue weighted by Gasteiger charge is -2.37. The lowest BCUT2D eigenvalue weighted by Crippen LogP contribution is -2.29. The number of nitrogens with two attached hydrogens (primary N) is 1. The van der Waals surface area contributed by atoms with Crippen LogP contribution in [0.5, 0.6) is 0 Å². The molecule has 0 aromatic heterocycles. The largest absolute Gasteiger partial charge is 0.330 e. The fourth-order valence-corrected chi connectivity index (χ4v) is 2.43. The third kappa shape index (κ3) is 2.48. The van der Waals surface area contributed by atoms with Crippen LogP contribution < -0.4 is 5.73 Å². The van der Waals surface area contributed by atoms with E-state index in [4.69, 9.17) is 5.73 Å². The van der Waals surface area contributed by atoms with Crippen LogP contribution in [0.15, 0.2) is 0 Å². The lowest BCUT2D eigenvalue weighted by molar-refractivity contribution is 0.143. The van der Waals surface area contributed by atoms with E-state index in [1.807, 2.05) is 0 Å². The Morgan fingerprint density at radius 2 is 2.17 bits per heavy atom. The Kier molecular flexibility index (Phi) is 3.16. The van der Waals surface area contributed by atoms with Crippen LogP contribution in [0.2, 0.25) is 0 Å². The van der Waals surface area contributed by atoms with Gasteiger partial charge in [0.15, 0.2) is 0 Å². The summed E-state index contributed by atoms with van der Waals surface area (Å²) in [6, 6.07) is 0. The molecule has 0 aromatic carbocycles. The first kappa shape index (κ1) is 10.0. The second-order valence-corrected chi connectivity index (χ2v) is 5.23. The van der Waals surface area contributed by atoms with E-state index >= 15 is 0 Å². The third-order valence-corrected chi connectivity index (χ3v) is 3.42. The molecule has 1 fully saturated rings. The molecular formula is C11H23N. The smallest absolute Gasteiger partial charge is 0.00489 e. The molecule has 12 heavy (non-hydrogen) atoms. The van der Waals surface area contributed by atoms with Crippen LogP contribution in [0.4, 0.5) is 0 Å². The van der Waals surface area contributed by atoms with Crippen molar-refractivity contribution in [3.05, 3.63) is 0 Å². The third-order valence-electron chi connectivity index (χ3n) is 3.42. The van der Waals surface area contributed by atoms with Crippen LogP contribution in [0, 0.1) is 17.3 Å². The molecule has 2 unspecified atom stereocenters. The fourth-order valence-electron chi connectivity index (χ4n) is 2.43. The van der Waals surface area contributed by atoms with Crippen molar-refractivity contribution in [3.63, 3.8) is 0 Å². The van der Waals surface area contributed by atoms with Gasteiger partial charge in [-0.15, -0.1) is 0 Å². The summed E-state index contributed by atoms with van der Waals surface area (Å²) in [5.41, 5.74) is 6.27. The molecule has 1 heteroatoms. The van der Waals surface area contributed by atoms with Gasteiger partial charge in [0.25, 0.3) is 0 Å². The summed E-state index contributed by atoms with van der Waals surface area (Å²) in [5.74, 6) is 1.61. The Balaban J connectivity index is 2.46. The molecule has 2 N–H and O–H groups in total. The molecule has 0 radical (unpaired) electrons. The van der Waals surface area contributed by atoms with Crippen molar-refractivity contribution in [3.8, 4) is 0 Å². The van der Waals surface area contributed by atoms with Gasteiger partial charge in [-0.1, -0.05) is 33.6 Å². The predicted octanol–water partition coefficient (Wildman–Crippen LogP) is 2.80. The highest BCUT2D eigenvalue weighted by Crippen LogP contribution is 2.41. The maximum absolute atomic E-state index is 5.69. The first-order valence-electron chi connectivity index (χ1n) is 5.25. The molecule has 0 saturated heterocycles. The minimum atomic E-state index is 0.576. The first-order chi connectivity index (χ1) is 5.55. The molecule has 72 valence electrons. The maximum Gasteiger partial charge on any atom is -0.00489 e. The zero-order valence-electron chi connectivity index (χ0n) is 8.77. The number of hydrogen-bond acceptors (Lipinski definition) is 1. The summed E-state index contributed by atoms with van der Waals surface area (Å²) in [6.45, 7) is 7.94. The highest BCUT2D eigenvalue weighted by atomic mass is 14.6. The normalized spacial score (nSPS) is 31.5. The molecule has 1 aliphatic rings. The summed E-state index contributed by atoms with van der Waals surface area (Å²) in [7, 11) is 0. The van der Waals surface area contributed by atoms with Crippen LogP contribution in [-0.2, 0) is 0 Å². The summed E-state index contributed by atoms with van der Waals surface area (Å²) in [5, 5.41) is 0. The molecule has 1 aliphatic carbocycles. The fraction of sp³-hybridized carbons (Fsp3) is 1.00. The van der Waals surface area contributed by atoms with Crippen LogP contribution in [0.1, 0.15) is 46.5 Å². The molecule has 1 rings (SSSR count). The van der Waals surface area contributed by atoms with Crippen LogP contribution in [0.25, 0.3) is 0 Å². The Morgan fingerprint density at radius 3 is 2.67 bits per heavy atom. The van der Waals surface area contributed by atoms with E-state index in [0.29, 0.717) is 5.41 Å². The minimum absolute atomic E-state index is 0.576. The minimum Gasteiger partial charge on any atom is -0.330 e. The van der Waals surface area contributed by atoms with Gasteiger partial charge in [0.05, 0.1) is 0 Å². The molecule has 0 heterocycles. The van der Waals surface area contributed by atoms with Crippen molar-refractivity contribution in [1.29, 1.82) is 0 Å². The van der Waals surface area contributed by atoms with E-state index in [-0.39, 0.29) is 0 Å². The molecule has 0 amide bonds. The van der Waals surface area contributed by atoms with Crippen molar-refractivity contribution in [2.75, 3.05) is 6.54 Å².